The van der Waals surface area contributed by atoms with Crippen LogP contribution >= 0.6 is 11.8 Å². The minimum atomic E-state index is -0.388. The molecule has 2 rings (SSSR count). The van der Waals surface area contributed by atoms with Gasteiger partial charge < -0.3 is 5.32 Å². The first-order chi connectivity index (χ1) is 9.29. The summed E-state index contributed by atoms with van der Waals surface area (Å²) in [5, 5.41) is 12.1. The van der Waals surface area contributed by atoms with E-state index in [0.29, 0.717) is 11.3 Å². The predicted molar refractivity (Wildman–Crippen MR) is 76.8 cm³/mol. The van der Waals surface area contributed by atoms with Crippen molar-refractivity contribution < 1.29 is 4.39 Å². The van der Waals surface area contributed by atoms with Crippen molar-refractivity contribution in [1.29, 1.82) is 5.26 Å². The fourth-order valence-corrected chi connectivity index (χ4v) is 2.42. The number of benzene rings is 2. The monoisotopic (exact) mass is 272 g/mol. The van der Waals surface area contributed by atoms with Gasteiger partial charge in [-0.15, -0.1) is 11.8 Å². The maximum atomic E-state index is 13.0. The highest BCUT2D eigenvalue weighted by atomic mass is 32.2. The molecule has 0 aliphatic heterocycles. The fraction of sp³-hybridized carbons (Fsp3) is 0.133. The Balaban J connectivity index is 1.85. The van der Waals surface area contributed by atoms with Crippen LogP contribution in [0.3, 0.4) is 0 Å². The molecule has 19 heavy (non-hydrogen) atoms. The lowest BCUT2D eigenvalue weighted by Crippen LogP contribution is -2.05. The molecule has 0 atom stereocenters. The van der Waals surface area contributed by atoms with Crippen molar-refractivity contribution in [1.82, 2.24) is 0 Å². The number of rotatable bonds is 5. The van der Waals surface area contributed by atoms with Crippen LogP contribution in [0.5, 0.6) is 0 Å². The zero-order chi connectivity index (χ0) is 13.5. The lowest BCUT2D eigenvalue weighted by molar-refractivity contribution is 0.627. The molecule has 0 radical (unpaired) electrons. The first-order valence-corrected chi connectivity index (χ1v) is 6.89. The second kappa shape index (κ2) is 6.81. The van der Waals surface area contributed by atoms with Crippen LogP contribution in [-0.2, 0) is 0 Å². The third-order valence-electron chi connectivity index (χ3n) is 2.53. The maximum absolute atomic E-state index is 13.0. The van der Waals surface area contributed by atoms with Crippen molar-refractivity contribution in [3.05, 3.63) is 59.9 Å². The van der Waals surface area contributed by atoms with Crippen molar-refractivity contribution in [2.24, 2.45) is 0 Å². The first-order valence-electron chi connectivity index (χ1n) is 5.91. The van der Waals surface area contributed by atoms with Gasteiger partial charge in [0.2, 0.25) is 0 Å². The number of anilines is 1. The van der Waals surface area contributed by atoms with E-state index in [-0.39, 0.29) is 5.82 Å². The standard InChI is InChI=1S/C15H13FN2S/c16-13-6-7-15(12(10-13)11-17)18-8-9-19-14-4-2-1-3-5-14/h1-7,10,18H,8-9H2. The van der Waals surface area contributed by atoms with E-state index in [1.54, 1.807) is 17.8 Å². The summed E-state index contributed by atoms with van der Waals surface area (Å²) in [7, 11) is 0. The number of nitrogens with zero attached hydrogens (tertiary/aromatic N) is 1. The Morgan fingerprint density at radius 2 is 1.95 bits per heavy atom. The molecule has 2 nitrogen and oxygen atoms in total. The summed E-state index contributed by atoms with van der Waals surface area (Å²) < 4.78 is 13.0. The van der Waals surface area contributed by atoms with Gasteiger partial charge in [0.25, 0.3) is 0 Å². The molecule has 0 fully saturated rings. The van der Waals surface area contributed by atoms with Crippen molar-refractivity contribution >= 4 is 17.4 Å². The third kappa shape index (κ3) is 4.01. The molecular weight excluding hydrogens is 259 g/mol. The highest BCUT2D eigenvalue weighted by molar-refractivity contribution is 7.99. The van der Waals surface area contributed by atoms with Crippen LogP contribution < -0.4 is 5.32 Å². The van der Waals surface area contributed by atoms with E-state index >= 15 is 0 Å². The molecule has 0 aliphatic rings. The van der Waals surface area contributed by atoms with Gasteiger partial charge in [0.15, 0.2) is 0 Å². The van der Waals surface area contributed by atoms with Gasteiger partial charge in [-0.2, -0.15) is 5.26 Å². The van der Waals surface area contributed by atoms with E-state index in [9.17, 15) is 4.39 Å². The van der Waals surface area contributed by atoms with Gasteiger partial charge in [-0.25, -0.2) is 4.39 Å². The van der Waals surface area contributed by atoms with Crippen molar-refractivity contribution in [3.63, 3.8) is 0 Å². The van der Waals surface area contributed by atoms with Crippen LogP contribution in [-0.4, -0.2) is 12.3 Å². The SMILES string of the molecule is N#Cc1cc(F)ccc1NCCSc1ccccc1. The lowest BCUT2D eigenvalue weighted by atomic mass is 10.2. The molecule has 0 unspecified atom stereocenters. The molecule has 2 aromatic rings. The highest BCUT2D eigenvalue weighted by Crippen LogP contribution is 2.18. The van der Waals surface area contributed by atoms with E-state index in [2.05, 4.69) is 17.4 Å². The quantitative estimate of drug-likeness (QED) is 0.662. The summed E-state index contributed by atoms with van der Waals surface area (Å²) in [4.78, 5) is 1.21. The van der Waals surface area contributed by atoms with Gasteiger partial charge in [-0.3, -0.25) is 0 Å². The van der Waals surface area contributed by atoms with Crippen LogP contribution in [0.4, 0.5) is 10.1 Å². The van der Waals surface area contributed by atoms with Crippen LogP contribution in [0.1, 0.15) is 5.56 Å². The average molecular weight is 272 g/mol. The topological polar surface area (TPSA) is 35.8 Å². The van der Waals surface area contributed by atoms with E-state index in [1.165, 1.54) is 17.0 Å². The molecule has 0 amide bonds. The number of halogens is 1. The van der Waals surface area contributed by atoms with Crippen LogP contribution in [0, 0.1) is 17.1 Å². The first kappa shape index (κ1) is 13.4. The average Bonchev–Trinajstić information content (AvgIpc) is 2.46. The minimum absolute atomic E-state index is 0.338. The Kier molecular flexibility index (Phi) is 4.82. The van der Waals surface area contributed by atoms with E-state index in [4.69, 9.17) is 5.26 Å². The molecular formula is C15H13FN2S. The maximum Gasteiger partial charge on any atom is 0.124 e. The van der Waals surface area contributed by atoms with Crippen molar-refractivity contribution in [3.8, 4) is 6.07 Å². The molecule has 0 aliphatic carbocycles. The van der Waals surface area contributed by atoms with Gasteiger partial charge in [0, 0.05) is 17.2 Å². The number of thioether (sulfide) groups is 1. The smallest absolute Gasteiger partial charge is 0.124 e. The fourth-order valence-electron chi connectivity index (χ4n) is 1.63. The van der Waals surface area contributed by atoms with E-state index < -0.39 is 0 Å². The predicted octanol–water partition coefficient (Wildman–Crippen LogP) is 3.90. The molecule has 4 heteroatoms. The van der Waals surface area contributed by atoms with Gasteiger partial charge in [0.1, 0.15) is 11.9 Å². The minimum Gasteiger partial charge on any atom is -0.383 e. The molecule has 0 saturated carbocycles. The molecule has 0 saturated heterocycles. The van der Waals surface area contributed by atoms with Crippen molar-refractivity contribution in [2.45, 2.75) is 4.90 Å². The Bertz CT molecular complexity index is 578. The van der Waals surface area contributed by atoms with Crippen LogP contribution in [0.15, 0.2) is 53.4 Å². The van der Waals surface area contributed by atoms with Gasteiger partial charge >= 0.3 is 0 Å². The van der Waals surface area contributed by atoms with E-state index in [0.717, 1.165) is 12.3 Å². The summed E-state index contributed by atoms with van der Waals surface area (Å²) in [5.41, 5.74) is 1.02. The number of hydrogen-bond donors (Lipinski definition) is 1. The second-order valence-electron chi connectivity index (χ2n) is 3.89. The summed E-state index contributed by atoms with van der Waals surface area (Å²) in [6, 6.07) is 16.3. The second-order valence-corrected chi connectivity index (χ2v) is 5.06. The highest BCUT2D eigenvalue weighted by Gasteiger charge is 2.02. The van der Waals surface area contributed by atoms with E-state index in [1.807, 2.05) is 24.3 Å². The number of nitriles is 1. The Hall–Kier alpha value is -1.99. The van der Waals surface area contributed by atoms with Crippen LogP contribution in [0.25, 0.3) is 0 Å². The molecule has 96 valence electrons. The zero-order valence-corrected chi connectivity index (χ0v) is 11.1. The van der Waals surface area contributed by atoms with Gasteiger partial charge in [-0.05, 0) is 30.3 Å². The summed E-state index contributed by atoms with van der Waals surface area (Å²) >= 11 is 1.74. The van der Waals surface area contributed by atoms with Gasteiger partial charge in [-0.1, -0.05) is 18.2 Å². The van der Waals surface area contributed by atoms with Crippen LogP contribution in [0.2, 0.25) is 0 Å². The molecule has 0 heterocycles. The summed E-state index contributed by atoms with van der Waals surface area (Å²) in [6.07, 6.45) is 0. The normalized spacial score (nSPS) is 9.89. The number of nitrogens with one attached hydrogen (secondary N) is 1. The molecule has 2 aromatic carbocycles. The Morgan fingerprint density at radius 1 is 1.16 bits per heavy atom. The Labute approximate surface area is 116 Å². The Morgan fingerprint density at radius 3 is 2.68 bits per heavy atom. The van der Waals surface area contributed by atoms with Crippen molar-refractivity contribution in [2.75, 3.05) is 17.6 Å². The third-order valence-corrected chi connectivity index (χ3v) is 3.55. The zero-order valence-electron chi connectivity index (χ0n) is 10.3. The van der Waals surface area contributed by atoms with Gasteiger partial charge in [0.05, 0.1) is 11.3 Å². The molecule has 0 bridgehead atoms. The molecule has 0 spiro atoms. The molecule has 0 aromatic heterocycles. The lowest BCUT2D eigenvalue weighted by Gasteiger charge is -2.08. The summed E-state index contributed by atoms with van der Waals surface area (Å²) in [6.45, 7) is 0.722. The number of hydrogen-bond acceptors (Lipinski definition) is 3. The molecule has 1 N–H and O–H groups in total. The summed E-state index contributed by atoms with van der Waals surface area (Å²) in [5.74, 6) is 0.493. The largest absolute Gasteiger partial charge is 0.383 e.